The van der Waals surface area contributed by atoms with Crippen LogP contribution in [0.25, 0.3) is 0 Å². The summed E-state index contributed by atoms with van der Waals surface area (Å²) in [4.78, 5) is 13.8. The fraction of sp³-hybridized carbons (Fsp3) is 0.667. The smallest absolute Gasteiger partial charge is 0.230 e. The molecule has 5 aliphatic carbocycles. The third kappa shape index (κ3) is 2.79. The molecule has 5 aliphatic rings. The number of benzene rings is 1. The summed E-state index contributed by atoms with van der Waals surface area (Å²) in [5, 5.41) is 3.42. The average molecular weight is 342 g/mol. The Balaban J connectivity index is 1.18. The van der Waals surface area contributed by atoms with Crippen molar-refractivity contribution in [3.63, 3.8) is 0 Å². The van der Waals surface area contributed by atoms with Crippen LogP contribution in [0.15, 0.2) is 23.1 Å². The van der Waals surface area contributed by atoms with Gasteiger partial charge in [0.2, 0.25) is 5.91 Å². The lowest BCUT2D eigenvalue weighted by Crippen LogP contribution is -2.56. The van der Waals surface area contributed by atoms with E-state index in [9.17, 15) is 4.79 Å². The number of nitrogens with one attached hydrogen (secondary N) is 1. The minimum Gasteiger partial charge on any atom is -0.352 e. The first kappa shape index (κ1) is 15.3. The Morgan fingerprint density at radius 1 is 1.00 bits per heavy atom. The SMILES string of the molecule is O=C(CSc1ccc2c(c1)CCC2)NC1C2CC3CC(C2)CC1C3. The van der Waals surface area contributed by atoms with Gasteiger partial charge in [0.1, 0.15) is 0 Å². The van der Waals surface area contributed by atoms with E-state index < -0.39 is 0 Å². The second-order valence-electron chi connectivity index (χ2n) is 8.60. The molecule has 3 heteroatoms. The molecule has 0 aromatic heterocycles. The van der Waals surface area contributed by atoms with Crippen LogP contribution in [0.3, 0.4) is 0 Å². The molecule has 0 saturated heterocycles. The monoisotopic (exact) mass is 341 g/mol. The van der Waals surface area contributed by atoms with Gasteiger partial charge < -0.3 is 5.32 Å². The van der Waals surface area contributed by atoms with Crippen molar-refractivity contribution in [2.75, 3.05) is 5.75 Å². The molecule has 1 aromatic carbocycles. The second-order valence-corrected chi connectivity index (χ2v) is 9.65. The number of thioether (sulfide) groups is 1. The number of rotatable bonds is 4. The molecule has 0 heterocycles. The lowest BCUT2D eigenvalue weighted by atomic mass is 9.54. The van der Waals surface area contributed by atoms with E-state index in [1.54, 1.807) is 11.8 Å². The van der Waals surface area contributed by atoms with Crippen LogP contribution in [-0.2, 0) is 17.6 Å². The van der Waals surface area contributed by atoms with Crippen molar-refractivity contribution in [3.8, 4) is 0 Å². The first-order chi connectivity index (χ1) is 11.7. The summed E-state index contributed by atoms with van der Waals surface area (Å²) < 4.78 is 0. The zero-order valence-corrected chi connectivity index (χ0v) is 15.1. The van der Waals surface area contributed by atoms with Gasteiger partial charge in [-0.3, -0.25) is 4.79 Å². The normalized spacial score (nSPS) is 35.9. The molecule has 0 atom stereocenters. The van der Waals surface area contributed by atoms with Crippen molar-refractivity contribution in [1.29, 1.82) is 0 Å². The zero-order chi connectivity index (χ0) is 16.1. The van der Waals surface area contributed by atoms with Crippen LogP contribution in [0.4, 0.5) is 0 Å². The quantitative estimate of drug-likeness (QED) is 0.831. The van der Waals surface area contributed by atoms with Gasteiger partial charge >= 0.3 is 0 Å². The Kier molecular flexibility index (Phi) is 3.88. The minimum atomic E-state index is 0.248. The van der Waals surface area contributed by atoms with E-state index in [1.165, 1.54) is 67.4 Å². The van der Waals surface area contributed by atoms with Crippen molar-refractivity contribution < 1.29 is 4.79 Å². The van der Waals surface area contributed by atoms with Gasteiger partial charge in [0.25, 0.3) is 0 Å². The summed E-state index contributed by atoms with van der Waals surface area (Å²) in [6.45, 7) is 0. The minimum absolute atomic E-state index is 0.248. The van der Waals surface area contributed by atoms with Crippen molar-refractivity contribution in [2.45, 2.75) is 62.3 Å². The van der Waals surface area contributed by atoms with Gasteiger partial charge in [0.15, 0.2) is 0 Å². The van der Waals surface area contributed by atoms with Crippen LogP contribution < -0.4 is 5.32 Å². The Morgan fingerprint density at radius 2 is 1.71 bits per heavy atom. The molecule has 4 saturated carbocycles. The van der Waals surface area contributed by atoms with Gasteiger partial charge in [-0.05, 0) is 98.3 Å². The van der Waals surface area contributed by atoms with Gasteiger partial charge in [-0.15, -0.1) is 11.8 Å². The molecule has 0 aliphatic heterocycles. The molecule has 6 rings (SSSR count). The lowest BCUT2D eigenvalue weighted by molar-refractivity contribution is -0.122. The molecule has 1 aromatic rings. The van der Waals surface area contributed by atoms with Gasteiger partial charge in [-0.1, -0.05) is 6.07 Å². The Hall–Kier alpha value is -0.960. The van der Waals surface area contributed by atoms with Crippen LogP contribution in [0, 0.1) is 23.7 Å². The van der Waals surface area contributed by atoms with Crippen LogP contribution in [0.1, 0.15) is 49.7 Å². The summed E-state index contributed by atoms with van der Waals surface area (Å²) >= 11 is 1.71. The molecule has 128 valence electrons. The van der Waals surface area contributed by atoms with Gasteiger partial charge in [-0.2, -0.15) is 0 Å². The molecule has 0 radical (unpaired) electrons. The first-order valence-electron chi connectivity index (χ1n) is 9.78. The second kappa shape index (κ2) is 6.09. The van der Waals surface area contributed by atoms with E-state index in [-0.39, 0.29) is 5.91 Å². The summed E-state index contributed by atoms with van der Waals surface area (Å²) in [6, 6.07) is 7.25. The van der Waals surface area contributed by atoms with E-state index in [1.807, 2.05) is 0 Å². The average Bonchev–Trinajstić information content (AvgIpc) is 3.03. The van der Waals surface area contributed by atoms with Gasteiger partial charge in [0.05, 0.1) is 5.75 Å². The molecule has 0 spiro atoms. The molecule has 4 bridgehead atoms. The van der Waals surface area contributed by atoms with Gasteiger partial charge in [-0.25, -0.2) is 0 Å². The number of hydrogen-bond acceptors (Lipinski definition) is 2. The number of aryl methyl sites for hydroxylation is 2. The van der Waals surface area contributed by atoms with Crippen LogP contribution in [0.2, 0.25) is 0 Å². The van der Waals surface area contributed by atoms with E-state index in [0.717, 1.165) is 23.7 Å². The highest BCUT2D eigenvalue weighted by Gasteiger charge is 2.48. The third-order valence-electron chi connectivity index (χ3n) is 6.99. The summed E-state index contributed by atoms with van der Waals surface area (Å²) in [7, 11) is 0. The van der Waals surface area contributed by atoms with Crippen molar-refractivity contribution in [2.24, 2.45) is 23.7 Å². The number of amides is 1. The van der Waals surface area contributed by atoms with Crippen molar-refractivity contribution >= 4 is 17.7 Å². The predicted octanol–water partition coefficient (Wildman–Crippen LogP) is 4.21. The highest BCUT2D eigenvalue weighted by atomic mass is 32.2. The van der Waals surface area contributed by atoms with E-state index in [2.05, 4.69) is 23.5 Å². The molecular formula is C21H27NOS. The van der Waals surface area contributed by atoms with Crippen LogP contribution in [-0.4, -0.2) is 17.7 Å². The summed E-state index contributed by atoms with van der Waals surface area (Å²) in [5.74, 6) is 4.31. The van der Waals surface area contributed by atoms with Crippen LogP contribution >= 0.6 is 11.8 Å². The molecule has 0 unspecified atom stereocenters. The van der Waals surface area contributed by atoms with E-state index in [0.29, 0.717) is 11.8 Å². The number of carbonyl (C=O) groups excluding carboxylic acids is 1. The fourth-order valence-electron chi connectivity index (χ4n) is 6.18. The molecule has 1 N–H and O–H groups in total. The number of hydrogen-bond donors (Lipinski definition) is 1. The van der Waals surface area contributed by atoms with E-state index >= 15 is 0 Å². The molecule has 24 heavy (non-hydrogen) atoms. The largest absolute Gasteiger partial charge is 0.352 e. The predicted molar refractivity (Wildman–Crippen MR) is 98.2 cm³/mol. The molecule has 2 nitrogen and oxygen atoms in total. The van der Waals surface area contributed by atoms with E-state index in [4.69, 9.17) is 0 Å². The van der Waals surface area contributed by atoms with Gasteiger partial charge in [0, 0.05) is 10.9 Å². The topological polar surface area (TPSA) is 29.1 Å². The Morgan fingerprint density at radius 3 is 2.46 bits per heavy atom. The van der Waals surface area contributed by atoms with Crippen LogP contribution in [0.5, 0.6) is 0 Å². The Bertz CT molecular complexity index is 627. The summed E-state index contributed by atoms with van der Waals surface area (Å²) in [5.41, 5.74) is 3.01. The first-order valence-corrected chi connectivity index (χ1v) is 10.8. The summed E-state index contributed by atoms with van der Waals surface area (Å²) in [6.07, 6.45) is 10.7. The maximum Gasteiger partial charge on any atom is 0.230 e. The number of carbonyl (C=O) groups is 1. The molecule has 1 amide bonds. The van der Waals surface area contributed by atoms with Crippen molar-refractivity contribution in [3.05, 3.63) is 29.3 Å². The Labute approximate surface area is 149 Å². The maximum absolute atomic E-state index is 12.5. The van der Waals surface area contributed by atoms with Crippen molar-refractivity contribution in [1.82, 2.24) is 5.32 Å². The molecule has 4 fully saturated rings. The molecular weight excluding hydrogens is 314 g/mol. The maximum atomic E-state index is 12.5. The third-order valence-corrected chi connectivity index (χ3v) is 7.99. The lowest BCUT2D eigenvalue weighted by Gasteiger charge is -2.54. The fourth-order valence-corrected chi connectivity index (χ4v) is 6.95. The highest BCUT2D eigenvalue weighted by molar-refractivity contribution is 8.00. The standard InChI is InChI=1S/C21H27NOS/c23-20(12-24-19-5-4-15-2-1-3-16(15)11-19)22-21-17-7-13-6-14(9-17)10-18(21)8-13/h4-5,11,13-14,17-18,21H,1-3,6-10,12H2,(H,22,23). The highest BCUT2D eigenvalue weighted by Crippen LogP contribution is 2.53. The zero-order valence-electron chi connectivity index (χ0n) is 14.3. The number of fused-ring (bicyclic) bond motifs is 1.